The number of carbonyl (C=O) groups excluding carboxylic acids is 4. The number of halogens is 17. The maximum atomic E-state index is 15.4. The molecule has 0 bridgehead atoms. The van der Waals surface area contributed by atoms with E-state index in [9.17, 15) is 67.5 Å². The normalized spacial score (nSPS) is 14.0. The van der Waals surface area contributed by atoms with Gasteiger partial charge in [-0.25, -0.2) is 28.2 Å². The molecular weight excluding hydrogens is 1530 g/mol. The summed E-state index contributed by atoms with van der Waals surface area (Å²) in [6.07, 6.45) is -13.8. The van der Waals surface area contributed by atoms with Gasteiger partial charge in [0.25, 0.3) is 11.9 Å². The molecule has 0 saturated carbocycles. The van der Waals surface area contributed by atoms with Gasteiger partial charge in [0.15, 0.2) is 0 Å². The molecule has 7 rings (SSSR count). The molecule has 1 aliphatic rings. The Morgan fingerprint density at radius 1 is 0.615 bits per heavy atom. The van der Waals surface area contributed by atoms with Gasteiger partial charge in [-0.2, -0.15) is 52.7 Å². The van der Waals surface area contributed by atoms with Crippen molar-refractivity contribution in [1.29, 1.82) is 0 Å². The van der Waals surface area contributed by atoms with Crippen molar-refractivity contribution in [2.24, 2.45) is 10.7 Å². The molecule has 37 heteroatoms. The van der Waals surface area contributed by atoms with Gasteiger partial charge in [0.2, 0.25) is 0 Å². The van der Waals surface area contributed by atoms with Crippen LogP contribution in [0, 0.1) is 11.6 Å². The number of nitrogens with zero attached hydrogens (tertiary/aromatic N) is 5. The quantitative estimate of drug-likeness (QED) is 0.00729. The van der Waals surface area contributed by atoms with Crippen molar-refractivity contribution in [3.63, 3.8) is 0 Å². The Bertz CT molecular complexity index is 3730. The average molecular weight is 1620 g/mol. The molecule has 2 aromatic heterocycles. The summed E-state index contributed by atoms with van der Waals surface area (Å²) in [5, 5.41) is 13.5. The zero-order valence-corrected chi connectivity index (χ0v) is 63.6. The fourth-order valence-electron chi connectivity index (χ4n) is 10.00. The summed E-state index contributed by atoms with van der Waals surface area (Å²) in [7, 11) is 6.14. The summed E-state index contributed by atoms with van der Waals surface area (Å²) in [6, 6.07) is 18.0. The summed E-state index contributed by atoms with van der Waals surface area (Å²) in [5.41, 5.74) is 0.404. The lowest BCUT2D eigenvalue weighted by Crippen LogP contribution is -2.59. The first-order valence-electron chi connectivity index (χ1n) is 33.7. The highest BCUT2D eigenvalue weighted by Gasteiger charge is 2.51. The van der Waals surface area contributed by atoms with Crippen LogP contribution in [0.2, 0.25) is 10.0 Å². The van der Waals surface area contributed by atoms with Crippen LogP contribution in [0.25, 0.3) is 0 Å². The Balaban J connectivity index is 0.000000631. The smallest absolute Gasteiger partial charge is 0.428 e. The third kappa shape index (κ3) is 30.3. The summed E-state index contributed by atoms with van der Waals surface area (Å²) >= 11 is 12.0. The second-order valence-electron chi connectivity index (χ2n) is 23.8. The highest BCUT2D eigenvalue weighted by molar-refractivity contribution is 6.30. The number of amidine groups is 1. The molecule has 1 aliphatic heterocycles. The van der Waals surface area contributed by atoms with Crippen molar-refractivity contribution in [3.05, 3.63) is 189 Å². The molecule has 109 heavy (non-hydrogen) atoms. The van der Waals surface area contributed by atoms with E-state index in [1.54, 1.807) is 72.9 Å². The predicted octanol–water partition coefficient (Wildman–Crippen LogP) is 14.2. The van der Waals surface area contributed by atoms with E-state index in [4.69, 9.17) is 32.7 Å². The summed E-state index contributed by atoms with van der Waals surface area (Å²) in [5.74, 6) is -16.6. The van der Waals surface area contributed by atoms with Crippen molar-refractivity contribution in [2.75, 3.05) is 80.7 Å². The Morgan fingerprint density at radius 2 is 1.02 bits per heavy atom. The number of hydrogen-bond acceptors (Lipinski definition) is 14. The number of alkyl halides is 12. The van der Waals surface area contributed by atoms with Gasteiger partial charge in [0, 0.05) is 70.7 Å². The number of urea groups is 2. The summed E-state index contributed by atoms with van der Waals surface area (Å²) in [4.78, 5) is 67.9. The van der Waals surface area contributed by atoms with Gasteiger partial charge < -0.3 is 66.4 Å². The number of nitrogens with one attached hydrogen (secondary N) is 6. The minimum absolute atomic E-state index is 0. The van der Waals surface area contributed by atoms with Crippen LogP contribution >= 0.6 is 35.6 Å². The van der Waals surface area contributed by atoms with Crippen LogP contribution in [-0.2, 0) is 43.0 Å². The van der Waals surface area contributed by atoms with Gasteiger partial charge in [-0.1, -0.05) is 105 Å². The van der Waals surface area contributed by atoms with Crippen LogP contribution in [0.4, 0.5) is 71.1 Å². The van der Waals surface area contributed by atoms with E-state index >= 15 is 13.2 Å². The number of carbonyl (C=O) groups is 4. The molecule has 8 N–H and O–H groups in total. The Morgan fingerprint density at radius 3 is 1.34 bits per heavy atom. The lowest BCUT2D eigenvalue weighted by molar-refractivity contribution is -0.253. The van der Waals surface area contributed by atoms with Crippen LogP contribution < -0.4 is 47.1 Å². The number of rotatable bonds is 30. The fourth-order valence-corrected chi connectivity index (χ4v) is 10.2. The van der Waals surface area contributed by atoms with E-state index in [-0.39, 0.29) is 70.9 Å². The lowest BCUT2D eigenvalue weighted by Gasteiger charge is -2.36. The molecule has 4 atom stereocenters. The van der Waals surface area contributed by atoms with Crippen molar-refractivity contribution >= 4 is 65.6 Å². The molecular formula is C72H91Cl3F14N12O8. The van der Waals surface area contributed by atoms with E-state index in [1.165, 1.54) is 63.8 Å². The number of esters is 1. The molecule has 3 heterocycles. The zero-order chi connectivity index (χ0) is 81.2. The Labute approximate surface area is 639 Å². The first-order valence-corrected chi connectivity index (χ1v) is 34.4. The van der Waals surface area contributed by atoms with E-state index in [2.05, 4.69) is 71.8 Å². The van der Waals surface area contributed by atoms with Gasteiger partial charge >= 0.3 is 54.9 Å². The SMILES string of the molecule is C1CCOC1.CCN(CC)CC.CCNC(=NCCCN(C)C)OC(=O)C(F)(F)C(C)NC(=O)N[C@@](Cc1ccccc1)(c1cc(F)cc(OC(F)(F)C(F)F)c1)c1ccc(Cl)cn1.CN.CNC(=O)C(F)(F)C(C)NC(=O)N[C@@](Cc1ccccc1)(c1cc(F)cc(OC(F)(F)C(F)F)c1)c1ccc(Cl)cn1.Cl. The maximum absolute atomic E-state index is 15.4. The standard InChI is InChI=1S/C34H38ClF7N6O4.C27H24ClF7N4O3.C6H15N.C4H8O.CH5N.ClH/c1-5-43-31(44-14-9-15-48(3)4)51-29(49)33(39,40)21(2)46-30(50)47-32(19-22-10-7-6-8-11-22,27-13-12-24(35)20-45-27)23-16-25(36)18-26(17-23)52-34(41,42)28(37)38;1-15(26(32,33)23(40)36-2)38-24(41)39-25(13-16-6-4-3-5-7-16,21-9-8-18(28)14-37-21)17-10-19(29)12-20(11-17)42-27(34,35)22(30)31;1-4-7(5-2)6-3;1-2-4-5-3-1;1-2;/h6-8,10-13,16-18,20-21,28H,5,9,14-15,19H2,1-4H3,(H,43,44)(H2,46,47,50);3-12,14-15,22H,13H2,1-2H3,(H,36,40)(H2,38,39,41);4-6H2,1-3H3;1-4H2;2H2,1H3;1H/t21?,32-;15?,25-;;;;/m00..../s1. The molecule has 0 spiro atoms. The Hall–Kier alpha value is -8.54. The van der Waals surface area contributed by atoms with Gasteiger partial charge in [-0.3, -0.25) is 14.8 Å². The number of aromatic nitrogens is 2. The fraction of sp³-hybridized carbons (Fsp3) is 0.458. The number of ether oxygens (including phenoxy) is 4. The molecule has 20 nitrogen and oxygen atoms in total. The number of benzene rings is 4. The highest BCUT2D eigenvalue weighted by Crippen LogP contribution is 2.40. The number of pyridine rings is 2. The monoisotopic (exact) mass is 1620 g/mol. The molecule has 2 unspecified atom stereocenters. The molecule has 0 radical (unpaired) electrons. The highest BCUT2D eigenvalue weighted by atomic mass is 35.5. The number of nitrogens with two attached hydrogens (primary N) is 1. The van der Waals surface area contributed by atoms with Gasteiger partial charge in [-0.05, 0) is 158 Å². The Kier molecular flexibility index (Phi) is 40.9. The van der Waals surface area contributed by atoms with Gasteiger partial charge in [-0.15, -0.1) is 12.4 Å². The third-order valence-electron chi connectivity index (χ3n) is 15.6. The number of hydrogen-bond donors (Lipinski definition) is 7. The molecule has 5 amide bonds. The van der Waals surface area contributed by atoms with E-state index < -0.39 is 113 Å². The van der Waals surface area contributed by atoms with E-state index in [0.717, 1.165) is 70.8 Å². The van der Waals surface area contributed by atoms with Crippen LogP contribution in [-0.4, -0.2) is 179 Å². The summed E-state index contributed by atoms with van der Waals surface area (Å²) < 4.78 is 215. The maximum Gasteiger partial charge on any atom is 0.461 e. The number of amides is 5. The average Bonchev–Trinajstić information content (AvgIpc) is 1.05. The van der Waals surface area contributed by atoms with E-state index in [1.807, 2.05) is 29.6 Å². The third-order valence-corrected chi connectivity index (χ3v) is 16.1. The first-order chi connectivity index (χ1) is 50.8. The molecule has 6 aromatic rings. The van der Waals surface area contributed by atoms with Crippen molar-refractivity contribution < 1.29 is 99.6 Å². The summed E-state index contributed by atoms with van der Waals surface area (Å²) in [6.45, 7) is 16.4. The van der Waals surface area contributed by atoms with Gasteiger partial charge in [0.05, 0.1) is 21.4 Å². The predicted molar refractivity (Wildman–Crippen MR) is 389 cm³/mol. The van der Waals surface area contributed by atoms with Gasteiger partial charge in [0.1, 0.15) is 46.3 Å². The molecule has 0 aliphatic carbocycles. The first kappa shape index (κ1) is 96.5. The van der Waals surface area contributed by atoms with Crippen LogP contribution in [0.3, 0.4) is 0 Å². The van der Waals surface area contributed by atoms with Crippen LogP contribution in [0.1, 0.15) is 94.4 Å². The second kappa shape index (κ2) is 46.2. The minimum Gasteiger partial charge on any atom is -0.428 e. The molecule has 606 valence electrons. The topological polar surface area (TPSA) is 248 Å². The molecule has 1 fully saturated rings. The van der Waals surface area contributed by atoms with Crippen molar-refractivity contribution in [1.82, 2.24) is 51.7 Å². The van der Waals surface area contributed by atoms with Crippen LogP contribution in [0.15, 0.2) is 139 Å². The molecule has 4 aromatic carbocycles. The lowest BCUT2D eigenvalue weighted by atomic mass is 9.80. The van der Waals surface area contributed by atoms with E-state index in [0.29, 0.717) is 36.2 Å². The number of aliphatic imine (C=N–C) groups is 1. The van der Waals surface area contributed by atoms with Crippen molar-refractivity contribution in [2.45, 2.75) is 134 Å². The minimum atomic E-state index is -5.03. The van der Waals surface area contributed by atoms with Crippen molar-refractivity contribution in [3.8, 4) is 11.5 Å². The van der Waals surface area contributed by atoms with Crippen LogP contribution in [0.5, 0.6) is 11.5 Å². The zero-order valence-electron chi connectivity index (χ0n) is 61.2. The molecule has 1 saturated heterocycles. The second-order valence-corrected chi connectivity index (χ2v) is 24.7. The largest absolute Gasteiger partial charge is 0.461 e.